The fourth-order valence-corrected chi connectivity index (χ4v) is 2.32. The van der Waals surface area contributed by atoms with E-state index in [-0.39, 0.29) is 13.1 Å². The molecule has 0 aromatic heterocycles. The minimum Gasteiger partial charge on any atom is -0.399 e. The first kappa shape index (κ1) is 17.7. The average molecular weight is 339 g/mol. The molecule has 0 bridgehead atoms. The maximum absolute atomic E-state index is 11.0. The smallest absolute Gasteiger partial charge is 0.399 e. The lowest BCUT2D eigenvalue weighted by atomic mass is 10.2. The first-order valence-electron chi connectivity index (χ1n) is 5.73. The van der Waals surface area contributed by atoms with E-state index in [0.717, 1.165) is 11.3 Å². The first-order chi connectivity index (χ1) is 9.48. The molecule has 1 aromatic carbocycles. The molecule has 1 aromatic rings. The van der Waals surface area contributed by atoms with Crippen LogP contribution in [0.15, 0.2) is 18.2 Å². The number of sulfonamides is 1. The van der Waals surface area contributed by atoms with E-state index in [1.54, 1.807) is 13.0 Å². The number of rotatable bonds is 7. The maximum atomic E-state index is 11.0. The average Bonchev–Trinajstić information content (AvgIpc) is 2.28. The number of nitrogens with one attached hydrogen (secondary N) is 1. The molecular formula is C10H17N3O6S2. The molecule has 0 amide bonds. The first-order valence-corrected chi connectivity index (χ1v) is 8.99. The van der Waals surface area contributed by atoms with Crippen molar-refractivity contribution in [3.8, 4) is 0 Å². The molecule has 0 aliphatic carbocycles. The van der Waals surface area contributed by atoms with E-state index in [4.69, 9.17) is 10.3 Å². The molecule has 120 valence electrons. The Hall–Kier alpha value is -1.40. The van der Waals surface area contributed by atoms with Crippen LogP contribution in [0.4, 0.5) is 11.4 Å². The fourth-order valence-electron chi connectivity index (χ4n) is 1.47. The van der Waals surface area contributed by atoms with Crippen molar-refractivity contribution in [3.05, 3.63) is 23.8 Å². The van der Waals surface area contributed by atoms with E-state index in [9.17, 15) is 16.8 Å². The lowest BCUT2D eigenvalue weighted by molar-refractivity contribution is 0.243. The van der Waals surface area contributed by atoms with Crippen LogP contribution in [0.2, 0.25) is 0 Å². The zero-order valence-corrected chi connectivity index (χ0v) is 13.1. The van der Waals surface area contributed by atoms with Crippen molar-refractivity contribution in [2.45, 2.75) is 6.92 Å². The standard InChI is InChI=1S/C10H17N3O6S2/c1-8-7-9(3-4-10(8)11)13(19-21(16,17)18)6-5-12-20(2,14)15/h3-4,7,12H,5-6,11H2,1-2H3,(H,16,17,18). The summed E-state index contributed by atoms with van der Waals surface area (Å²) in [6.07, 6.45) is 0.967. The zero-order valence-electron chi connectivity index (χ0n) is 11.5. The zero-order chi connectivity index (χ0) is 16.3. The normalized spacial score (nSPS) is 12.3. The Bertz CT molecular complexity index is 702. The summed E-state index contributed by atoms with van der Waals surface area (Å²) in [6, 6.07) is 4.56. The summed E-state index contributed by atoms with van der Waals surface area (Å²) in [5, 5.41) is 0.847. The highest BCUT2D eigenvalue weighted by Crippen LogP contribution is 2.21. The number of aryl methyl sites for hydroxylation is 1. The highest BCUT2D eigenvalue weighted by molar-refractivity contribution is 7.88. The van der Waals surface area contributed by atoms with Gasteiger partial charge in [-0.1, -0.05) is 0 Å². The van der Waals surface area contributed by atoms with Crippen LogP contribution < -0.4 is 15.5 Å². The fraction of sp³-hybridized carbons (Fsp3) is 0.400. The molecule has 0 saturated heterocycles. The van der Waals surface area contributed by atoms with E-state index in [2.05, 4.69) is 9.01 Å². The Kier molecular flexibility index (Phi) is 5.53. The van der Waals surface area contributed by atoms with Gasteiger partial charge in [-0.15, -0.1) is 4.28 Å². The summed E-state index contributed by atoms with van der Waals surface area (Å²) in [4.78, 5) is 0. The molecule has 0 spiro atoms. The molecule has 0 aliphatic heterocycles. The van der Waals surface area contributed by atoms with Crippen LogP contribution in [-0.4, -0.2) is 40.7 Å². The van der Waals surface area contributed by atoms with Crippen molar-refractivity contribution in [1.82, 2.24) is 4.72 Å². The second kappa shape index (κ2) is 6.58. The lowest BCUT2D eigenvalue weighted by Gasteiger charge is -2.22. The molecular weight excluding hydrogens is 322 g/mol. The van der Waals surface area contributed by atoms with Crippen LogP contribution in [0.5, 0.6) is 0 Å². The third kappa shape index (κ3) is 6.73. The number of nitrogens with two attached hydrogens (primary N) is 1. The molecule has 1 rings (SSSR count). The largest absolute Gasteiger partial charge is 0.418 e. The van der Waals surface area contributed by atoms with Gasteiger partial charge in [0, 0.05) is 12.2 Å². The quantitative estimate of drug-likeness (QED) is 0.348. The Morgan fingerprint density at radius 2 is 1.95 bits per heavy atom. The van der Waals surface area contributed by atoms with E-state index in [0.29, 0.717) is 16.9 Å². The van der Waals surface area contributed by atoms with Gasteiger partial charge in [0.15, 0.2) is 0 Å². The van der Waals surface area contributed by atoms with Crippen molar-refractivity contribution in [2.24, 2.45) is 0 Å². The Labute approximate surface area is 123 Å². The van der Waals surface area contributed by atoms with Crippen molar-refractivity contribution in [1.29, 1.82) is 0 Å². The topological polar surface area (TPSA) is 139 Å². The molecule has 0 unspecified atom stereocenters. The molecule has 0 fully saturated rings. The molecule has 0 aliphatic rings. The van der Waals surface area contributed by atoms with Crippen molar-refractivity contribution < 1.29 is 25.7 Å². The van der Waals surface area contributed by atoms with Crippen molar-refractivity contribution in [2.75, 3.05) is 30.1 Å². The predicted octanol–water partition coefficient (Wildman–Crippen LogP) is -0.333. The number of benzene rings is 1. The van der Waals surface area contributed by atoms with Crippen molar-refractivity contribution >= 4 is 31.8 Å². The second-order valence-corrected chi connectivity index (χ2v) is 7.15. The highest BCUT2D eigenvalue weighted by atomic mass is 32.3. The summed E-state index contributed by atoms with van der Waals surface area (Å²) in [7, 11) is -8.17. The molecule has 4 N–H and O–H groups in total. The van der Waals surface area contributed by atoms with Gasteiger partial charge in [0.25, 0.3) is 0 Å². The Balaban J connectivity index is 2.93. The van der Waals surface area contributed by atoms with E-state index < -0.39 is 20.4 Å². The summed E-state index contributed by atoms with van der Waals surface area (Å²) >= 11 is 0. The number of anilines is 2. The van der Waals surface area contributed by atoms with Crippen LogP contribution in [0.3, 0.4) is 0 Å². The Morgan fingerprint density at radius 1 is 1.33 bits per heavy atom. The van der Waals surface area contributed by atoms with Gasteiger partial charge in [0.2, 0.25) is 10.0 Å². The van der Waals surface area contributed by atoms with Gasteiger partial charge in [0.1, 0.15) is 0 Å². The number of hydrogen-bond donors (Lipinski definition) is 3. The molecule has 11 heteroatoms. The van der Waals surface area contributed by atoms with Crippen LogP contribution in [-0.2, 0) is 24.7 Å². The lowest BCUT2D eigenvalue weighted by Crippen LogP contribution is -2.36. The number of nitrogens with zero attached hydrogens (tertiary/aromatic N) is 1. The third-order valence-corrected chi connectivity index (χ3v) is 3.50. The molecule has 0 saturated carbocycles. The molecule has 21 heavy (non-hydrogen) atoms. The molecule has 0 atom stereocenters. The monoisotopic (exact) mass is 339 g/mol. The predicted molar refractivity (Wildman–Crippen MR) is 78.4 cm³/mol. The van der Waals surface area contributed by atoms with E-state index >= 15 is 0 Å². The minimum atomic E-state index is -4.74. The van der Waals surface area contributed by atoms with Crippen LogP contribution in [0.25, 0.3) is 0 Å². The molecule has 0 heterocycles. The minimum absolute atomic E-state index is 0.113. The van der Waals surface area contributed by atoms with Gasteiger partial charge >= 0.3 is 10.4 Å². The number of nitrogen functional groups attached to an aromatic ring is 1. The van der Waals surface area contributed by atoms with Gasteiger partial charge in [-0.05, 0) is 30.7 Å². The summed E-state index contributed by atoms with van der Waals surface area (Å²) in [5.41, 5.74) is 7.13. The third-order valence-electron chi connectivity index (χ3n) is 2.40. The van der Waals surface area contributed by atoms with Gasteiger partial charge < -0.3 is 5.73 Å². The number of hydroxylamine groups is 1. The van der Waals surface area contributed by atoms with Gasteiger partial charge in [-0.25, -0.2) is 18.2 Å². The summed E-state index contributed by atoms with van der Waals surface area (Å²) in [5.74, 6) is 0. The molecule has 0 radical (unpaired) electrons. The summed E-state index contributed by atoms with van der Waals surface area (Å²) in [6.45, 7) is 1.45. The van der Waals surface area contributed by atoms with E-state index in [1.807, 2.05) is 0 Å². The maximum Gasteiger partial charge on any atom is 0.418 e. The summed E-state index contributed by atoms with van der Waals surface area (Å²) < 4.78 is 59.0. The van der Waals surface area contributed by atoms with Gasteiger partial charge in [-0.3, -0.25) is 4.55 Å². The number of hydrogen-bond acceptors (Lipinski definition) is 7. The Morgan fingerprint density at radius 3 is 2.43 bits per heavy atom. The van der Waals surface area contributed by atoms with Crippen LogP contribution in [0, 0.1) is 6.92 Å². The SMILES string of the molecule is Cc1cc(N(CCNS(C)(=O)=O)OS(=O)(=O)O)ccc1N. The van der Waals surface area contributed by atoms with E-state index in [1.165, 1.54) is 12.1 Å². The highest BCUT2D eigenvalue weighted by Gasteiger charge is 2.16. The van der Waals surface area contributed by atoms with Crippen LogP contribution in [0.1, 0.15) is 5.56 Å². The van der Waals surface area contributed by atoms with Crippen molar-refractivity contribution in [3.63, 3.8) is 0 Å². The second-order valence-electron chi connectivity index (χ2n) is 4.31. The van der Waals surface area contributed by atoms with Crippen LogP contribution >= 0.6 is 0 Å². The van der Waals surface area contributed by atoms with Gasteiger partial charge in [-0.2, -0.15) is 8.42 Å². The molecule has 9 nitrogen and oxygen atoms in total. The van der Waals surface area contributed by atoms with Gasteiger partial charge in [0.05, 0.1) is 18.5 Å².